The van der Waals surface area contributed by atoms with Crippen LogP contribution in [-0.4, -0.2) is 16.0 Å². The van der Waals surface area contributed by atoms with Gasteiger partial charge in [0.25, 0.3) is 0 Å². The van der Waals surface area contributed by atoms with Gasteiger partial charge in [-0.25, -0.2) is 4.99 Å². The van der Waals surface area contributed by atoms with Gasteiger partial charge in [0.15, 0.2) is 0 Å². The van der Waals surface area contributed by atoms with E-state index in [9.17, 15) is 4.79 Å². The van der Waals surface area contributed by atoms with Crippen LogP contribution in [0.2, 0.25) is 5.02 Å². The Balaban J connectivity index is 1.49. The van der Waals surface area contributed by atoms with E-state index < -0.39 is 0 Å². The zero-order valence-electron chi connectivity index (χ0n) is 12.3. The van der Waals surface area contributed by atoms with Crippen molar-refractivity contribution in [1.29, 1.82) is 0 Å². The molecule has 0 atom stereocenters. The van der Waals surface area contributed by atoms with Gasteiger partial charge in [0.05, 0.1) is 11.4 Å². The summed E-state index contributed by atoms with van der Waals surface area (Å²) in [5, 5.41) is 3.58. The second-order valence-electron chi connectivity index (χ2n) is 4.99. The van der Waals surface area contributed by atoms with Crippen molar-refractivity contribution in [3.8, 4) is 0 Å². The van der Waals surface area contributed by atoms with Crippen LogP contribution >= 0.6 is 35.1 Å². The van der Waals surface area contributed by atoms with Crippen LogP contribution in [0.5, 0.6) is 0 Å². The lowest BCUT2D eigenvalue weighted by molar-refractivity contribution is -0.118. The first kappa shape index (κ1) is 16.4. The van der Waals surface area contributed by atoms with Crippen molar-refractivity contribution in [2.24, 2.45) is 4.99 Å². The minimum atomic E-state index is -0.00265. The molecule has 6 heteroatoms. The third-order valence-corrected chi connectivity index (χ3v) is 5.74. The molecule has 0 aromatic heterocycles. The summed E-state index contributed by atoms with van der Waals surface area (Å²) in [5.74, 6) is 1.28. The number of aliphatic imine (C=N–C) groups is 1. The van der Waals surface area contributed by atoms with Crippen molar-refractivity contribution >= 4 is 51.1 Å². The molecule has 23 heavy (non-hydrogen) atoms. The Kier molecular flexibility index (Phi) is 5.65. The van der Waals surface area contributed by atoms with Crippen LogP contribution in [0.1, 0.15) is 11.1 Å². The van der Waals surface area contributed by atoms with Gasteiger partial charge in [0, 0.05) is 17.3 Å². The lowest BCUT2D eigenvalue weighted by Gasteiger charge is -2.14. The van der Waals surface area contributed by atoms with Gasteiger partial charge in [-0.15, -0.1) is 0 Å². The first-order valence-electron chi connectivity index (χ1n) is 7.14. The predicted octanol–water partition coefficient (Wildman–Crippen LogP) is 4.62. The van der Waals surface area contributed by atoms with E-state index in [0.29, 0.717) is 17.3 Å². The molecule has 0 aliphatic carbocycles. The Hall–Kier alpha value is -1.43. The summed E-state index contributed by atoms with van der Waals surface area (Å²) >= 11 is 9.09. The van der Waals surface area contributed by atoms with Crippen molar-refractivity contribution < 1.29 is 4.79 Å². The maximum Gasteiger partial charge on any atom is 0.230 e. The molecule has 0 saturated carbocycles. The standard InChI is InChI=1S/C17H15ClN2OS2/c18-14-6-3-4-12(8-14)9-19-16(21)11-23-17-20-15-7-2-1-5-13(15)10-22-17/h1-8H,9-11H2,(H,19,21). The summed E-state index contributed by atoms with van der Waals surface area (Å²) < 4.78 is 0.946. The Morgan fingerprint density at radius 1 is 1.26 bits per heavy atom. The van der Waals surface area contributed by atoms with Gasteiger partial charge < -0.3 is 5.32 Å². The highest BCUT2D eigenvalue weighted by molar-refractivity contribution is 8.38. The normalized spacial score (nSPS) is 13.2. The Bertz CT molecular complexity index is 749. The quantitative estimate of drug-likeness (QED) is 0.862. The lowest BCUT2D eigenvalue weighted by atomic mass is 10.2. The maximum absolute atomic E-state index is 12.0. The number of hydrogen-bond acceptors (Lipinski definition) is 4. The second-order valence-corrected chi connectivity index (χ2v) is 7.61. The number of fused-ring (bicyclic) bond motifs is 1. The van der Waals surface area contributed by atoms with Crippen LogP contribution < -0.4 is 5.32 Å². The molecule has 1 heterocycles. The van der Waals surface area contributed by atoms with Crippen LogP contribution in [0.25, 0.3) is 0 Å². The molecule has 118 valence electrons. The van der Waals surface area contributed by atoms with Crippen molar-refractivity contribution in [1.82, 2.24) is 5.32 Å². The highest BCUT2D eigenvalue weighted by atomic mass is 35.5. The molecule has 0 fully saturated rings. The zero-order valence-corrected chi connectivity index (χ0v) is 14.7. The van der Waals surface area contributed by atoms with E-state index in [1.807, 2.05) is 42.5 Å². The number of rotatable bonds is 4. The number of benzene rings is 2. The van der Waals surface area contributed by atoms with Gasteiger partial charge >= 0.3 is 0 Å². The van der Waals surface area contributed by atoms with E-state index in [2.05, 4.69) is 16.4 Å². The van der Waals surface area contributed by atoms with Crippen LogP contribution in [-0.2, 0) is 17.1 Å². The van der Waals surface area contributed by atoms with E-state index in [1.54, 1.807) is 11.8 Å². The molecule has 0 unspecified atom stereocenters. The summed E-state index contributed by atoms with van der Waals surface area (Å²) in [5.41, 5.74) is 3.24. The number of hydrogen-bond donors (Lipinski definition) is 1. The summed E-state index contributed by atoms with van der Waals surface area (Å²) in [6.45, 7) is 0.488. The predicted molar refractivity (Wildman–Crippen MR) is 101 cm³/mol. The minimum Gasteiger partial charge on any atom is -0.351 e. The zero-order chi connectivity index (χ0) is 16.1. The molecule has 1 aliphatic rings. The largest absolute Gasteiger partial charge is 0.351 e. The Morgan fingerprint density at radius 3 is 3.00 bits per heavy atom. The van der Waals surface area contributed by atoms with E-state index in [-0.39, 0.29) is 5.91 Å². The molecule has 1 N–H and O–H groups in total. The van der Waals surface area contributed by atoms with Crippen molar-refractivity contribution in [3.05, 3.63) is 64.7 Å². The topological polar surface area (TPSA) is 41.5 Å². The summed E-state index contributed by atoms with van der Waals surface area (Å²) in [4.78, 5) is 16.6. The van der Waals surface area contributed by atoms with E-state index in [4.69, 9.17) is 11.6 Å². The van der Waals surface area contributed by atoms with Crippen molar-refractivity contribution in [2.45, 2.75) is 12.3 Å². The third-order valence-electron chi connectivity index (χ3n) is 3.26. The number of nitrogens with zero attached hydrogens (tertiary/aromatic N) is 1. The summed E-state index contributed by atoms with van der Waals surface area (Å²) in [6, 6.07) is 15.6. The molecular formula is C17H15ClN2OS2. The number of para-hydroxylation sites is 1. The highest BCUT2D eigenvalue weighted by Gasteiger charge is 2.13. The van der Waals surface area contributed by atoms with Gasteiger partial charge in [0.1, 0.15) is 4.38 Å². The van der Waals surface area contributed by atoms with Crippen LogP contribution in [0, 0.1) is 0 Å². The first-order valence-corrected chi connectivity index (χ1v) is 9.49. The lowest BCUT2D eigenvalue weighted by Crippen LogP contribution is -2.25. The summed E-state index contributed by atoms with van der Waals surface area (Å²) in [6.07, 6.45) is 0. The van der Waals surface area contributed by atoms with Gasteiger partial charge in [-0.3, -0.25) is 4.79 Å². The molecule has 3 rings (SSSR count). The van der Waals surface area contributed by atoms with E-state index in [0.717, 1.165) is 21.4 Å². The van der Waals surface area contributed by atoms with E-state index >= 15 is 0 Å². The van der Waals surface area contributed by atoms with Crippen LogP contribution in [0.3, 0.4) is 0 Å². The van der Waals surface area contributed by atoms with Crippen molar-refractivity contribution in [2.75, 3.05) is 5.75 Å². The summed E-state index contributed by atoms with van der Waals surface area (Å²) in [7, 11) is 0. The average Bonchev–Trinajstić information content (AvgIpc) is 2.58. The van der Waals surface area contributed by atoms with Crippen molar-refractivity contribution in [3.63, 3.8) is 0 Å². The fourth-order valence-corrected chi connectivity index (χ4v) is 4.22. The molecule has 2 aromatic carbocycles. The molecule has 2 aromatic rings. The number of thioether (sulfide) groups is 2. The van der Waals surface area contributed by atoms with Gasteiger partial charge in [-0.1, -0.05) is 65.5 Å². The molecule has 0 spiro atoms. The fourth-order valence-electron chi connectivity index (χ4n) is 2.11. The van der Waals surface area contributed by atoms with Crippen LogP contribution in [0.15, 0.2) is 53.5 Å². The van der Waals surface area contributed by atoms with Gasteiger partial charge in [0.2, 0.25) is 5.91 Å². The monoisotopic (exact) mass is 362 g/mol. The molecule has 3 nitrogen and oxygen atoms in total. The number of halogens is 1. The molecular weight excluding hydrogens is 348 g/mol. The smallest absolute Gasteiger partial charge is 0.230 e. The molecule has 1 amide bonds. The number of carbonyl (C=O) groups is 1. The average molecular weight is 363 g/mol. The van der Waals surface area contributed by atoms with Gasteiger partial charge in [-0.2, -0.15) is 0 Å². The molecule has 1 aliphatic heterocycles. The SMILES string of the molecule is O=C(CSC1=Nc2ccccc2CS1)NCc1cccc(Cl)c1. The second kappa shape index (κ2) is 7.90. The van der Waals surface area contributed by atoms with Crippen LogP contribution in [0.4, 0.5) is 5.69 Å². The van der Waals surface area contributed by atoms with E-state index in [1.165, 1.54) is 17.3 Å². The minimum absolute atomic E-state index is 0.00265. The molecule has 0 saturated heterocycles. The Morgan fingerprint density at radius 2 is 2.13 bits per heavy atom. The fraction of sp³-hybridized carbons (Fsp3) is 0.176. The number of nitrogens with one attached hydrogen (secondary N) is 1. The Labute approximate surface area is 148 Å². The first-order chi connectivity index (χ1) is 11.2. The number of carbonyl (C=O) groups excluding carboxylic acids is 1. The third kappa shape index (κ3) is 4.77. The van der Waals surface area contributed by atoms with Gasteiger partial charge in [-0.05, 0) is 29.3 Å². The highest BCUT2D eigenvalue weighted by Crippen LogP contribution is 2.34. The molecule has 0 radical (unpaired) electrons. The molecule has 0 bridgehead atoms. The number of amides is 1. The maximum atomic E-state index is 12.0.